The molecule has 3 aromatic carbocycles. The number of carbonyl (C=O) groups excluding carboxylic acids is 1. The van der Waals surface area contributed by atoms with Gasteiger partial charge in [-0.15, -0.1) is 0 Å². The number of sulfonamides is 1. The Hall–Kier alpha value is -4.81. The van der Waals surface area contributed by atoms with Crippen LogP contribution in [0.2, 0.25) is 0 Å². The van der Waals surface area contributed by atoms with E-state index in [4.69, 9.17) is 15.6 Å². The van der Waals surface area contributed by atoms with E-state index in [1.54, 1.807) is 30.5 Å². The number of benzene rings is 3. The number of carbonyl (C=O) groups is 1. The largest absolute Gasteiger partial charge is 0.492 e. The zero-order valence-corrected chi connectivity index (χ0v) is 30.2. The van der Waals surface area contributed by atoms with Crippen LogP contribution in [0.25, 0.3) is 5.70 Å². The Morgan fingerprint density at radius 1 is 1.00 bits per heavy atom. The molecule has 0 radical (unpaired) electrons. The van der Waals surface area contributed by atoms with E-state index in [9.17, 15) is 13.2 Å². The van der Waals surface area contributed by atoms with Gasteiger partial charge in [0.2, 0.25) is 10.0 Å². The van der Waals surface area contributed by atoms with E-state index in [0.29, 0.717) is 16.9 Å². The van der Waals surface area contributed by atoms with Crippen molar-refractivity contribution in [2.45, 2.75) is 52.4 Å². The molecule has 1 heterocycles. The Labute approximate surface area is 284 Å². The minimum absolute atomic E-state index is 0.196. The first-order valence-corrected chi connectivity index (χ1v) is 17.4. The molecule has 11 nitrogen and oxygen atoms in total. The van der Waals surface area contributed by atoms with E-state index in [1.807, 2.05) is 76.8 Å². The van der Waals surface area contributed by atoms with Gasteiger partial charge < -0.3 is 19.9 Å². The van der Waals surface area contributed by atoms with Gasteiger partial charge in [-0.3, -0.25) is 14.5 Å². The van der Waals surface area contributed by atoms with Crippen molar-refractivity contribution < 1.29 is 17.9 Å². The number of hydrogen-bond donors (Lipinski definition) is 4. The minimum atomic E-state index is -3.62. The summed E-state index contributed by atoms with van der Waals surface area (Å²) in [6.07, 6.45) is 4.64. The number of imidazole rings is 1. The molecule has 1 aromatic heterocycles. The van der Waals surface area contributed by atoms with Crippen LogP contribution in [-0.4, -0.2) is 44.3 Å². The second-order valence-electron chi connectivity index (χ2n) is 13.4. The van der Waals surface area contributed by atoms with Gasteiger partial charge in [-0.1, -0.05) is 57.2 Å². The molecule has 0 saturated heterocycles. The highest BCUT2D eigenvalue weighted by molar-refractivity contribution is 7.92. The zero-order chi connectivity index (χ0) is 35.6. The molecular formula is C36H47N7O4S. The molecule has 48 heavy (non-hydrogen) atoms. The number of nitrogens with zero attached hydrogens (tertiary/aromatic N) is 3. The predicted octanol–water partition coefficient (Wildman–Crippen LogP) is 5.88. The van der Waals surface area contributed by atoms with Crippen molar-refractivity contribution in [2.75, 3.05) is 35.5 Å². The van der Waals surface area contributed by atoms with Gasteiger partial charge in [0.1, 0.15) is 5.82 Å². The van der Waals surface area contributed by atoms with Gasteiger partial charge in [-0.2, -0.15) is 0 Å². The molecule has 0 spiro atoms. The van der Waals surface area contributed by atoms with E-state index in [1.165, 1.54) is 12.1 Å². The van der Waals surface area contributed by atoms with Gasteiger partial charge in [0.25, 0.3) is 5.91 Å². The first kappa shape index (κ1) is 36.0. The van der Waals surface area contributed by atoms with Crippen molar-refractivity contribution in [1.82, 2.24) is 14.9 Å². The molecule has 0 saturated carbocycles. The van der Waals surface area contributed by atoms with Crippen LogP contribution < -0.4 is 30.9 Å². The Balaban J connectivity index is 1.68. The summed E-state index contributed by atoms with van der Waals surface area (Å²) in [5.41, 5.74) is 5.19. The minimum Gasteiger partial charge on any atom is -0.492 e. The van der Waals surface area contributed by atoms with Crippen molar-refractivity contribution >= 4 is 38.7 Å². The highest BCUT2D eigenvalue weighted by Gasteiger charge is 2.29. The molecule has 12 heteroatoms. The van der Waals surface area contributed by atoms with Crippen LogP contribution in [0.3, 0.4) is 0 Å². The van der Waals surface area contributed by atoms with Crippen LogP contribution in [0, 0.1) is 6.92 Å². The first-order chi connectivity index (χ1) is 22.4. The molecule has 0 fully saturated rings. The number of rotatable bonds is 11. The Kier molecular flexibility index (Phi) is 10.3. The van der Waals surface area contributed by atoms with Crippen molar-refractivity contribution in [2.24, 2.45) is 12.9 Å². The number of hydrogen-bond acceptors (Lipinski definition) is 8. The van der Waals surface area contributed by atoms with E-state index >= 15 is 0 Å². The van der Waals surface area contributed by atoms with Gasteiger partial charge in [-0.25, -0.2) is 19.2 Å². The summed E-state index contributed by atoms with van der Waals surface area (Å²) in [6.45, 7) is 12.2. The fourth-order valence-corrected chi connectivity index (χ4v) is 6.12. The van der Waals surface area contributed by atoms with E-state index in [2.05, 4.69) is 41.3 Å². The second-order valence-corrected chi connectivity index (χ2v) is 15.1. The number of aromatic nitrogens is 2. The average molecular weight is 674 g/mol. The number of ether oxygens (including phenoxy) is 1. The predicted molar refractivity (Wildman–Crippen MR) is 195 cm³/mol. The molecule has 0 aliphatic heterocycles. The number of nitrogens with two attached hydrogens (primary N) is 1. The lowest BCUT2D eigenvalue weighted by Gasteiger charge is -2.25. The molecule has 256 valence electrons. The summed E-state index contributed by atoms with van der Waals surface area (Å²) >= 11 is 0. The molecule has 4 rings (SSSR count). The molecule has 0 unspecified atom stereocenters. The fraction of sp³-hybridized carbons (Fsp3) is 0.333. The second kappa shape index (κ2) is 13.7. The number of aryl methyl sites for hydroxylation is 1. The third-order valence-electron chi connectivity index (χ3n) is 8.31. The molecule has 5 N–H and O–H groups in total. The third-order valence-corrected chi connectivity index (χ3v) is 8.90. The lowest BCUT2D eigenvalue weighted by Crippen LogP contribution is -2.28. The Morgan fingerprint density at radius 3 is 2.23 bits per heavy atom. The number of nitrogens with one attached hydrogen (secondary N) is 3. The lowest BCUT2D eigenvalue weighted by atomic mass is 9.84. The molecule has 0 atom stereocenters. The summed E-state index contributed by atoms with van der Waals surface area (Å²) in [4.78, 5) is 18.5. The normalized spacial score (nSPS) is 12.4. The van der Waals surface area contributed by atoms with Crippen molar-refractivity contribution in [3.63, 3.8) is 0 Å². The zero-order valence-electron chi connectivity index (χ0n) is 29.4. The average Bonchev–Trinajstić information content (AvgIpc) is 3.40. The maximum absolute atomic E-state index is 13.7. The van der Waals surface area contributed by atoms with Crippen LogP contribution in [0.15, 0.2) is 73.1 Å². The maximum Gasteiger partial charge on any atom is 0.255 e. The van der Waals surface area contributed by atoms with Gasteiger partial charge in [-0.05, 0) is 67.1 Å². The fourth-order valence-electron chi connectivity index (χ4n) is 5.57. The van der Waals surface area contributed by atoms with Crippen molar-refractivity contribution in [3.8, 4) is 5.75 Å². The smallest absolute Gasteiger partial charge is 0.255 e. The van der Waals surface area contributed by atoms with Crippen LogP contribution >= 0.6 is 0 Å². The van der Waals surface area contributed by atoms with Crippen LogP contribution in [0.1, 0.15) is 73.2 Å². The van der Waals surface area contributed by atoms with E-state index in [-0.39, 0.29) is 22.3 Å². The molecule has 0 bridgehead atoms. The summed E-state index contributed by atoms with van der Waals surface area (Å²) in [6, 6.07) is 19.0. The van der Waals surface area contributed by atoms with Crippen LogP contribution in [0.4, 0.5) is 17.1 Å². The van der Waals surface area contributed by atoms with E-state index < -0.39 is 15.9 Å². The van der Waals surface area contributed by atoms with Gasteiger partial charge in [0.15, 0.2) is 5.75 Å². The first-order valence-electron chi connectivity index (χ1n) is 15.5. The quantitative estimate of drug-likeness (QED) is 0.114. The van der Waals surface area contributed by atoms with Crippen LogP contribution in [-0.2, 0) is 27.9 Å². The van der Waals surface area contributed by atoms with Gasteiger partial charge in [0, 0.05) is 31.3 Å². The highest BCUT2D eigenvalue weighted by Crippen LogP contribution is 2.39. The summed E-state index contributed by atoms with van der Waals surface area (Å²) in [7, 11) is 1.59. The number of methoxy groups -OCH3 is 1. The standard InChI is InChI=1S/C36H47N7O4S/c1-23-16-17-24(33(44)40-27-19-26(35(2,3)4)20-28(32(27)47-9)41-48(10,45)46)18-30(23)43(37)22-29(38-7)31-21-39-34(42(31)8)36(5,6)25-14-12-11-13-15-25/h11-22,38,41H,37H2,1-10H3,(H,40,44)/b29-22-. The van der Waals surface area contributed by atoms with Gasteiger partial charge >= 0.3 is 0 Å². The molecule has 4 aromatic rings. The molecular weight excluding hydrogens is 627 g/mol. The number of hydrazine groups is 1. The molecule has 0 aliphatic carbocycles. The topological polar surface area (TPSA) is 144 Å². The number of anilines is 3. The van der Waals surface area contributed by atoms with Crippen molar-refractivity contribution in [1.29, 1.82) is 0 Å². The summed E-state index contributed by atoms with van der Waals surface area (Å²) in [5, 5.41) is 7.64. The van der Waals surface area contributed by atoms with Crippen LogP contribution in [0.5, 0.6) is 5.75 Å². The molecule has 1 amide bonds. The Bertz CT molecular complexity index is 1940. The highest BCUT2D eigenvalue weighted by atomic mass is 32.2. The van der Waals surface area contributed by atoms with E-state index in [0.717, 1.165) is 40.2 Å². The lowest BCUT2D eigenvalue weighted by molar-refractivity contribution is 0.102. The third kappa shape index (κ3) is 7.83. The number of amides is 1. The SMILES string of the molecule is CN/C(=C\N(N)c1cc(C(=O)Nc2cc(C(C)(C)C)cc(NS(C)(=O)=O)c2OC)ccc1C)c1cnc(C(C)(C)c2ccccc2)n1C. The van der Waals surface area contributed by atoms with Gasteiger partial charge in [0.05, 0.1) is 48.0 Å². The summed E-state index contributed by atoms with van der Waals surface area (Å²) in [5.74, 6) is 7.30. The van der Waals surface area contributed by atoms with Crippen molar-refractivity contribution in [3.05, 3.63) is 107 Å². The maximum atomic E-state index is 13.7. The summed E-state index contributed by atoms with van der Waals surface area (Å²) < 4.78 is 34.4. The molecule has 0 aliphatic rings. The monoisotopic (exact) mass is 673 g/mol. The Morgan fingerprint density at radius 2 is 1.65 bits per heavy atom.